The van der Waals surface area contributed by atoms with Crippen LogP contribution in [0.15, 0.2) is 48.5 Å². The molecular formula is C28H39NO4. The van der Waals surface area contributed by atoms with Gasteiger partial charge in [0.05, 0.1) is 12.2 Å². The molecule has 0 saturated heterocycles. The number of carbonyl (C=O) groups is 2. The highest BCUT2D eigenvalue weighted by atomic mass is 16.5. The summed E-state index contributed by atoms with van der Waals surface area (Å²) >= 11 is 0. The first-order chi connectivity index (χ1) is 15.4. The van der Waals surface area contributed by atoms with E-state index in [2.05, 4.69) is 65.9 Å². The van der Waals surface area contributed by atoms with E-state index in [-0.39, 0.29) is 29.3 Å². The second-order valence-corrected chi connectivity index (χ2v) is 10.9. The highest BCUT2D eigenvalue weighted by Crippen LogP contribution is 2.36. The summed E-state index contributed by atoms with van der Waals surface area (Å²) in [7, 11) is 0. The molecule has 0 aliphatic rings. The van der Waals surface area contributed by atoms with Crippen LogP contribution in [0.3, 0.4) is 0 Å². The number of rotatable bonds is 10. The summed E-state index contributed by atoms with van der Waals surface area (Å²) < 4.78 is 10.9. The number of benzene rings is 2. The molecule has 0 aromatic heterocycles. The SMILES string of the molecule is CC(C)CCOC(=O)c1ccc(NC(=O)COc2ccc(C(C)(C)CC(C)(C)C)cc2)cc1. The summed E-state index contributed by atoms with van der Waals surface area (Å²) in [5.74, 6) is 0.515. The number of ether oxygens (including phenoxy) is 2. The van der Waals surface area contributed by atoms with Crippen molar-refractivity contribution in [2.24, 2.45) is 11.3 Å². The molecule has 0 spiro atoms. The molecule has 33 heavy (non-hydrogen) atoms. The Morgan fingerprint density at radius 1 is 0.909 bits per heavy atom. The Morgan fingerprint density at radius 3 is 2.06 bits per heavy atom. The topological polar surface area (TPSA) is 64.6 Å². The molecule has 5 nitrogen and oxygen atoms in total. The van der Waals surface area contributed by atoms with Crippen LogP contribution in [0.5, 0.6) is 5.75 Å². The summed E-state index contributed by atoms with van der Waals surface area (Å²) in [5, 5.41) is 2.78. The third kappa shape index (κ3) is 9.29. The van der Waals surface area contributed by atoms with Crippen molar-refractivity contribution in [2.45, 2.75) is 66.7 Å². The molecule has 180 valence electrons. The van der Waals surface area contributed by atoms with Gasteiger partial charge in [0.2, 0.25) is 0 Å². The fraction of sp³-hybridized carbons (Fsp3) is 0.500. The van der Waals surface area contributed by atoms with Gasteiger partial charge in [-0.3, -0.25) is 4.79 Å². The van der Waals surface area contributed by atoms with E-state index in [1.165, 1.54) is 5.56 Å². The van der Waals surface area contributed by atoms with Crippen LogP contribution >= 0.6 is 0 Å². The van der Waals surface area contributed by atoms with Crippen LogP contribution in [0, 0.1) is 11.3 Å². The van der Waals surface area contributed by atoms with Gasteiger partial charge >= 0.3 is 5.97 Å². The van der Waals surface area contributed by atoms with Gasteiger partial charge in [-0.05, 0) is 71.6 Å². The number of esters is 1. The Balaban J connectivity index is 1.83. The Bertz CT molecular complexity index is 906. The molecule has 0 aliphatic carbocycles. The van der Waals surface area contributed by atoms with Gasteiger partial charge < -0.3 is 14.8 Å². The largest absolute Gasteiger partial charge is 0.484 e. The van der Waals surface area contributed by atoms with Gasteiger partial charge in [0, 0.05) is 5.69 Å². The number of amides is 1. The molecule has 0 bridgehead atoms. The van der Waals surface area contributed by atoms with E-state index in [0.717, 1.165) is 12.8 Å². The van der Waals surface area contributed by atoms with E-state index in [1.807, 2.05) is 12.1 Å². The average molecular weight is 454 g/mol. The average Bonchev–Trinajstić information content (AvgIpc) is 2.71. The van der Waals surface area contributed by atoms with Crippen molar-refractivity contribution in [2.75, 3.05) is 18.5 Å². The van der Waals surface area contributed by atoms with Gasteiger partial charge in [-0.1, -0.05) is 60.6 Å². The standard InChI is InChI=1S/C28H39NO4/c1-20(2)16-17-32-26(31)21-8-12-23(13-9-21)29-25(30)18-33-24-14-10-22(11-15-24)28(6,7)19-27(3,4)5/h8-15,20H,16-19H2,1-7H3,(H,29,30). The Morgan fingerprint density at radius 2 is 1.52 bits per heavy atom. The quantitative estimate of drug-likeness (QED) is 0.411. The molecule has 0 saturated carbocycles. The third-order valence-corrected chi connectivity index (χ3v) is 5.31. The van der Waals surface area contributed by atoms with Crippen LogP contribution < -0.4 is 10.1 Å². The van der Waals surface area contributed by atoms with E-state index in [0.29, 0.717) is 29.5 Å². The van der Waals surface area contributed by atoms with Gasteiger partial charge in [0.15, 0.2) is 6.61 Å². The predicted molar refractivity (Wildman–Crippen MR) is 134 cm³/mol. The van der Waals surface area contributed by atoms with Gasteiger partial charge in [-0.15, -0.1) is 0 Å². The monoisotopic (exact) mass is 453 g/mol. The first-order valence-electron chi connectivity index (χ1n) is 11.7. The third-order valence-electron chi connectivity index (χ3n) is 5.31. The molecule has 2 aromatic rings. The number of hydrogen-bond donors (Lipinski definition) is 1. The van der Waals surface area contributed by atoms with E-state index in [4.69, 9.17) is 9.47 Å². The van der Waals surface area contributed by atoms with Crippen molar-refractivity contribution in [3.05, 3.63) is 59.7 Å². The number of carbonyl (C=O) groups excluding carboxylic acids is 2. The van der Waals surface area contributed by atoms with Crippen molar-refractivity contribution in [3.63, 3.8) is 0 Å². The van der Waals surface area contributed by atoms with Gasteiger partial charge in [-0.25, -0.2) is 4.79 Å². The van der Waals surface area contributed by atoms with Crippen LogP contribution in [0.25, 0.3) is 0 Å². The maximum absolute atomic E-state index is 12.3. The zero-order valence-electron chi connectivity index (χ0n) is 21.2. The van der Waals surface area contributed by atoms with Gasteiger partial charge in [0.25, 0.3) is 5.91 Å². The van der Waals surface area contributed by atoms with Crippen molar-refractivity contribution >= 4 is 17.6 Å². The van der Waals surface area contributed by atoms with E-state index >= 15 is 0 Å². The molecule has 2 aromatic carbocycles. The molecule has 5 heteroatoms. The number of anilines is 1. The molecule has 0 radical (unpaired) electrons. The molecule has 0 atom stereocenters. The maximum atomic E-state index is 12.3. The normalized spacial score (nSPS) is 11.9. The first kappa shape index (κ1) is 26.4. The highest BCUT2D eigenvalue weighted by Gasteiger charge is 2.27. The van der Waals surface area contributed by atoms with Crippen molar-refractivity contribution in [3.8, 4) is 5.75 Å². The fourth-order valence-electron chi connectivity index (χ4n) is 3.94. The van der Waals surface area contributed by atoms with Gasteiger partial charge in [-0.2, -0.15) is 0 Å². The molecule has 2 rings (SSSR count). The lowest BCUT2D eigenvalue weighted by Crippen LogP contribution is -2.24. The summed E-state index contributed by atoms with van der Waals surface area (Å²) in [4.78, 5) is 24.3. The summed E-state index contributed by atoms with van der Waals surface area (Å²) in [6, 6.07) is 14.6. The second-order valence-electron chi connectivity index (χ2n) is 10.9. The minimum Gasteiger partial charge on any atom is -0.484 e. The maximum Gasteiger partial charge on any atom is 0.338 e. The van der Waals surface area contributed by atoms with E-state index < -0.39 is 0 Å². The van der Waals surface area contributed by atoms with Crippen molar-refractivity contribution < 1.29 is 19.1 Å². The molecule has 0 aliphatic heterocycles. The molecule has 0 heterocycles. The minimum atomic E-state index is -0.356. The number of hydrogen-bond acceptors (Lipinski definition) is 4. The lowest BCUT2D eigenvalue weighted by atomic mass is 9.72. The Hall–Kier alpha value is -2.82. The highest BCUT2D eigenvalue weighted by molar-refractivity contribution is 5.93. The lowest BCUT2D eigenvalue weighted by Gasteiger charge is -2.33. The molecule has 1 N–H and O–H groups in total. The second kappa shape index (κ2) is 11.4. The van der Waals surface area contributed by atoms with Crippen LogP contribution in [-0.4, -0.2) is 25.1 Å². The smallest absolute Gasteiger partial charge is 0.338 e. The molecule has 0 unspecified atom stereocenters. The predicted octanol–water partition coefficient (Wildman–Crippen LogP) is 6.62. The summed E-state index contributed by atoms with van der Waals surface area (Å²) in [5.41, 5.74) is 2.60. The number of nitrogens with one attached hydrogen (secondary N) is 1. The van der Waals surface area contributed by atoms with Crippen molar-refractivity contribution in [1.82, 2.24) is 0 Å². The minimum absolute atomic E-state index is 0.0567. The van der Waals surface area contributed by atoms with Gasteiger partial charge in [0.1, 0.15) is 5.75 Å². The zero-order chi connectivity index (χ0) is 24.6. The Kier molecular flexibility index (Phi) is 9.09. The first-order valence-corrected chi connectivity index (χ1v) is 11.7. The van der Waals surface area contributed by atoms with Crippen LogP contribution in [0.4, 0.5) is 5.69 Å². The molecule has 1 amide bonds. The fourth-order valence-corrected chi connectivity index (χ4v) is 3.94. The van der Waals surface area contributed by atoms with Crippen molar-refractivity contribution in [1.29, 1.82) is 0 Å². The van der Waals surface area contributed by atoms with E-state index in [9.17, 15) is 9.59 Å². The van der Waals surface area contributed by atoms with Crippen LogP contribution in [0.2, 0.25) is 0 Å². The van der Waals surface area contributed by atoms with E-state index in [1.54, 1.807) is 24.3 Å². The zero-order valence-corrected chi connectivity index (χ0v) is 21.2. The van der Waals surface area contributed by atoms with Crippen LogP contribution in [-0.2, 0) is 14.9 Å². The molecular weight excluding hydrogens is 414 g/mol. The van der Waals surface area contributed by atoms with Crippen LogP contribution in [0.1, 0.15) is 77.2 Å². The molecule has 0 fully saturated rings. The Labute approximate surface area is 198 Å². The lowest BCUT2D eigenvalue weighted by molar-refractivity contribution is -0.118. The summed E-state index contributed by atoms with van der Waals surface area (Å²) in [6.07, 6.45) is 1.90. The summed E-state index contributed by atoms with van der Waals surface area (Å²) in [6.45, 7) is 15.7.